The van der Waals surface area contributed by atoms with Gasteiger partial charge >= 0.3 is 0 Å². The molecule has 4 heteroatoms. The van der Waals surface area contributed by atoms with E-state index in [-0.39, 0.29) is 0 Å². The van der Waals surface area contributed by atoms with Gasteiger partial charge < -0.3 is 9.30 Å². The van der Waals surface area contributed by atoms with E-state index in [9.17, 15) is 0 Å². The molecule has 0 N–H and O–H groups in total. The van der Waals surface area contributed by atoms with Gasteiger partial charge in [-0.2, -0.15) is 0 Å². The van der Waals surface area contributed by atoms with E-state index >= 15 is 0 Å². The number of halogens is 2. The molecule has 0 unspecified atom stereocenters. The highest BCUT2D eigenvalue weighted by Crippen LogP contribution is 2.28. The van der Waals surface area contributed by atoms with Crippen molar-refractivity contribution in [2.75, 3.05) is 6.61 Å². The lowest BCUT2D eigenvalue weighted by molar-refractivity contribution is 0.340. The first-order chi connectivity index (χ1) is 10.2. The summed E-state index contributed by atoms with van der Waals surface area (Å²) in [4.78, 5) is 0. The summed E-state index contributed by atoms with van der Waals surface area (Å²) in [6.07, 6.45) is 2.05. The van der Waals surface area contributed by atoms with Crippen molar-refractivity contribution >= 4 is 34.1 Å². The van der Waals surface area contributed by atoms with Crippen LogP contribution in [0, 0.1) is 0 Å². The molecular formula is C17H15Cl2NO. The third-order valence-corrected chi connectivity index (χ3v) is 4.28. The molecule has 0 aliphatic rings. The Morgan fingerprint density at radius 2 is 1.95 bits per heavy atom. The quantitative estimate of drug-likeness (QED) is 0.628. The third-order valence-electron chi connectivity index (χ3n) is 3.43. The smallest absolute Gasteiger partial charge is 0.120 e. The summed E-state index contributed by atoms with van der Waals surface area (Å²) in [6.45, 7) is 3.34. The number of hydrogen-bond acceptors (Lipinski definition) is 1. The lowest BCUT2D eigenvalue weighted by Gasteiger charge is -2.09. The Morgan fingerprint density at radius 3 is 2.76 bits per heavy atom. The van der Waals surface area contributed by atoms with E-state index in [1.165, 1.54) is 0 Å². The molecule has 0 radical (unpaired) electrons. The van der Waals surface area contributed by atoms with E-state index in [4.69, 9.17) is 27.9 Å². The molecule has 1 aromatic heterocycles. The van der Waals surface area contributed by atoms with Crippen molar-refractivity contribution < 1.29 is 4.74 Å². The van der Waals surface area contributed by atoms with Gasteiger partial charge in [0.05, 0.1) is 16.7 Å². The average molecular weight is 320 g/mol. The normalized spacial score (nSPS) is 11.0. The first kappa shape index (κ1) is 14.3. The number of fused-ring (bicyclic) bond motifs is 1. The van der Waals surface area contributed by atoms with Crippen LogP contribution in [0.15, 0.2) is 48.7 Å². The van der Waals surface area contributed by atoms with Crippen LogP contribution in [0.5, 0.6) is 5.75 Å². The zero-order valence-electron chi connectivity index (χ0n) is 11.6. The van der Waals surface area contributed by atoms with Gasteiger partial charge in [-0.25, -0.2) is 0 Å². The van der Waals surface area contributed by atoms with Crippen molar-refractivity contribution in [1.29, 1.82) is 0 Å². The number of nitrogens with zero attached hydrogens (tertiary/aromatic N) is 1. The summed E-state index contributed by atoms with van der Waals surface area (Å²) in [5, 5.41) is 2.36. The van der Waals surface area contributed by atoms with Gasteiger partial charge in [-0.1, -0.05) is 35.3 Å². The van der Waals surface area contributed by atoms with Crippen LogP contribution in [0.3, 0.4) is 0 Å². The number of rotatable bonds is 4. The van der Waals surface area contributed by atoms with Gasteiger partial charge in [-0.05, 0) is 42.8 Å². The van der Waals surface area contributed by atoms with Gasteiger partial charge in [0, 0.05) is 23.6 Å². The summed E-state index contributed by atoms with van der Waals surface area (Å²) in [6, 6.07) is 13.9. The molecule has 2 aromatic carbocycles. The molecule has 0 fully saturated rings. The number of benzene rings is 2. The fraction of sp³-hybridized carbons (Fsp3) is 0.176. The highest BCUT2D eigenvalue weighted by molar-refractivity contribution is 6.42. The van der Waals surface area contributed by atoms with Crippen LogP contribution in [0.1, 0.15) is 12.5 Å². The fourth-order valence-electron chi connectivity index (χ4n) is 2.43. The Morgan fingerprint density at radius 1 is 1.10 bits per heavy atom. The highest BCUT2D eigenvalue weighted by Gasteiger charge is 2.07. The van der Waals surface area contributed by atoms with Gasteiger partial charge in [0.15, 0.2) is 0 Å². The van der Waals surface area contributed by atoms with E-state index in [2.05, 4.69) is 29.0 Å². The molecule has 0 atom stereocenters. The molecule has 2 nitrogen and oxygen atoms in total. The predicted octanol–water partition coefficient (Wildman–Crippen LogP) is 5.40. The summed E-state index contributed by atoms with van der Waals surface area (Å²) in [5.41, 5.74) is 2.16. The molecule has 108 valence electrons. The molecule has 0 spiro atoms. The maximum absolute atomic E-state index is 6.26. The van der Waals surface area contributed by atoms with Crippen molar-refractivity contribution in [3.05, 3.63) is 64.3 Å². The zero-order chi connectivity index (χ0) is 14.8. The number of aromatic nitrogens is 1. The van der Waals surface area contributed by atoms with Crippen LogP contribution in [-0.4, -0.2) is 11.2 Å². The van der Waals surface area contributed by atoms with E-state index in [0.717, 1.165) is 22.2 Å². The van der Waals surface area contributed by atoms with Crippen LogP contribution in [0.2, 0.25) is 10.0 Å². The first-order valence-electron chi connectivity index (χ1n) is 6.83. The fourth-order valence-corrected chi connectivity index (χ4v) is 2.81. The van der Waals surface area contributed by atoms with Gasteiger partial charge in [-0.15, -0.1) is 0 Å². The Bertz CT molecular complexity index is 780. The summed E-state index contributed by atoms with van der Waals surface area (Å²) >= 11 is 12.3. The monoisotopic (exact) mass is 319 g/mol. The molecule has 0 amide bonds. The molecule has 0 aliphatic heterocycles. The van der Waals surface area contributed by atoms with Crippen LogP contribution in [-0.2, 0) is 6.54 Å². The molecule has 0 aliphatic carbocycles. The zero-order valence-corrected chi connectivity index (χ0v) is 13.2. The van der Waals surface area contributed by atoms with E-state index < -0.39 is 0 Å². The second-order valence-corrected chi connectivity index (χ2v) is 5.60. The minimum absolute atomic E-state index is 0.587. The van der Waals surface area contributed by atoms with Crippen molar-refractivity contribution in [3.8, 4) is 5.75 Å². The van der Waals surface area contributed by atoms with Crippen LogP contribution >= 0.6 is 23.2 Å². The van der Waals surface area contributed by atoms with Crippen molar-refractivity contribution in [1.82, 2.24) is 4.57 Å². The largest absolute Gasteiger partial charge is 0.494 e. The Hall–Kier alpha value is -1.64. The molecule has 0 saturated carbocycles. The van der Waals surface area contributed by atoms with Gasteiger partial charge in [0.1, 0.15) is 5.75 Å². The lowest BCUT2D eigenvalue weighted by Crippen LogP contribution is -1.99. The number of ether oxygens (including phenoxy) is 1. The molecule has 3 aromatic rings. The summed E-state index contributed by atoms with van der Waals surface area (Å²) in [7, 11) is 0. The van der Waals surface area contributed by atoms with Crippen molar-refractivity contribution in [2.45, 2.75) is 13.5 Å². The van der Waals surface area contributed by atoms with Gasteiger partial charge in [0.2, 0.25) is 0 Å². The summed E-state index contributed by atoms with van der Waals surface area (Å²) < 4.78 is 7.68. The van der Waals surface area contributed by atoms with E-state index in [0.29, 0.717) is 23.2 Å². The molecular weight excluding hydrogens is 305 g/mol. The molecule has 3 rings (SSSR count). The Labute approximate surface area is 133 Å². The standard InChI is InChI=1S/C17H15Cl2NO/c1-2-21-14-6-7-16-12(10-14)8-9-20(16)11-13-4-3-5-15(18)17(13)19/h3-10H,2,11H2,1H3. The maximum atomic E-state index is 6.26. The predicted molar refractivity (Wildman–Crippen MR) is 88.7 cm³/mol. The molecule has 21 heavy (non-hydrogen) atoms. The minimum atomic E-state index is 0.587. The second kappa shape index (κ2) is 6.00. The Kier molecular flexibility index (Phi) is 4.09. The Balaban J connectivity index is 1.96. The third kappa shape index (κ3) is 2.87. The van der Waals surface area contributed by atoms with E-state index in [1.54, 1.807) is 6.07 Å². The minimum Gasteiger partial charge on any atom is -0.494 e. The first-order valence-corrected chi connectivity index (χ1v) is 7.59. The van der Waals surface area contributed by atoms with Crippen LogP contribution in [0.4, 0.5) is 0 Å². The lowest BCUT2D eigenvalue weighted by atomic mass is 10.2. The van der Waals surface area contributed by atoms with Gasteiger partial charge in [-0.3, -0.25) is 0 Å². The SMILES string of the molecule is CCOc1ccc2c(ccn2Cc2cccc(Cl)c2Cl)c1. The van der Waals surface area contributed by atoms with Crippen LogP contribution < -0.4 is 4.74 Å². The summed E-state index contributed by atoms with van der Waals surface area (Å²) in [5.74, 6) is 0.892. The highest BCUT2D eigenvalue weighted by atomic mass is 35.5. The topological polar surface area (TPSA) is 14.2 Å². The molecule has 1 heterocycles. The number of hydrogen-bond donors (Lipinski definition) is 0. The van der Waals surface area contributed by atoms with Gasteiger partial charge in [0.25, 0.3) is 0 Å². The second-order valence-electron chi connectivity index (χ2n) is 4.81. The maximum Gasteiger partial charge on any atom is 0.120 e. The molecule has 0 bridgehead atoms. The van der Waals surface area contributed by atoms with Crippen molar-refractivity contribution in [2.24, 2.45) is 0 Å². The van der Waals surface area contributed by atoms with Crippen LogP contribution in [0.25, 0.3) is 10.9 Å². The molecule has 0 saturated heterocycles. The average Bonchev–Trinajstić information content (AvgIpc) is 2.87. The van der Waals surface area contributed by atoms with Crippen molar-refractivity contribution in [3.63, 3.8) is 0 Å². The van der Waals surface area contributed by atoms with E-state index in [1.807, 2.05) is 25.1 Å².